The maximum Gasteiger partial charge on any atom is 0.267 e. The lowest BCUT2D eigenvalue weighted by atomic mass is 9.39. The highest BCUT2D eigenvalue weighted by molar-refractivity contribution is 6.67. The summed E-state index contributed by atoms with van der Waals surface area (Å²) in [5, 5.41) is 8.94. The van der Waals surface area contributed by atoms with Gasteiger partial charge < -0.3 is 0 Å². The van der Waals surface area contributed by atoms with Gasteiger partial charge in [0, 0.05) is 5.97 Å². The predicted molar refractivity (Wildman–Crippen MR) is 68.7 cm³/mol. The quantitative estimate of drug-likeness (QED) is 0.651. The molecule has 1 nitrogen and oxygen atoms in total. The van der Waals surface area contributed by atoms with Gasteiger partial charge in [0.25, 0.3) is 6.71 Å². The van der Waals surface area contributed by atoms with E-state index in [1.807, 2.05) is 0 Å². The van der Waals surface area contributed by atoms with Crippen LogP contribution in [0.2, 0.25) is 12.6 Å². The molecule has 0 spiro atoms. The van der Waals surface area contributed by atoms with Crippen LogP contribution in [0.25, 0.3) is 0 Å². The highest BCUT2D eigenvalue weighted by Gasteiger charge is 2.34. The zero-order chi connectivity index (χ0) is 11.6. The van der Waals surface area contributed by atoms with Gasteiger partial charge in [-0.2, -0.15) is 0 Å². The molecule has 0 aliphatic carbocycles. The zero-order valence-corrected chi connectivity index (χ0v) is 10.2. The van der Waals surface area contributed by atoms with Crippen LogP contribution in [0.15, 0.2) is 24.3 Å². The summed E-state index contributed by atoms with van der Waals surface area (Å²) < 4.78 is 0. The highest BCUT2D eigenvalue weighted by Crippen LogP contribution is 2.40. The molecule has 0 amide bonds. The van der Waals surface area contributed by atoms with Crippen LogP contribution < -0.4 is 0 Å². The van der Waals surface area contributed by atoms with E-state index >= 15 is 0 Å². The summed E-state index contributed by atoms with van der Waals surface area (Å²) in [7, 11) is 0. The molecule has 1 fully saturated rings. The van der Waals surface area contributed by atoms with Crippen molar-refractivity contribution in [3.8, 4) is 5.97 Å². The number of rotatable bonds is 1. The van der Waals surface area contributed by atoms with E-state index in [-0.39, 0.29) is 6.71 Å². The molecule has 82 valence electrons. The first kappa shape index (κ1) is 11.3. The SMILES string of the molecule is Cc1ccccc1C1(C)CCB(C#N)CC1. The Labute approximate surface area is 98.6 Å². The molecule has 1 heterocycles. The van der Waals surface area contributed by atoms with Crippen molar-refractivity contribution in [3.05, 3.63) is 35.4 Å². The highest BCUT2D eigenvalue weighted by atomic mass is 14.3. The van der Waals surface area contributed by atoms with Gasteiger partial charge in [-0.3, -0.25) is 0 Å². The summed E-state index contributed by atoms with van der Waals surface area (Å²) in [5.74, 6) is 2.41. The van der Waals surface area contributed by atoms with Gasteiger partial charge in [-0.25, -0.2) is 5.26 Å². The van der Waals surface area contributed by atoms with E-state index in [4.69, 9.17) is 5.26 Å². The Morgan fingerprint density at radius 1 is 1.25 bits per heavy atom. The number of benzene rings is 1. The molecule has 0 atom stereocenters. The lowest BCUT2D eigenvalue weighted by Crippen LogP contribution is -2.32. The van der Waals surface area contributed by atoms with Gasteiger partial charge in [-0.05, 0) is 36.3 Å². The minimum absolute atomic E-state index is 0.289. The molecule has 1 aliphatic rings. The second-order valence-corrected chi connectivity index (χ2v) is 5.28. The van der Waals surface area contributed by atoms with Gasteiger partial charge in [0.05, 0.1) is 0 Å². The number of hydrogen-bond donors (Lipinski definition) is 0. The number of aryl methyl sites for hydroxylation is 1. The van der Waals surface area contributed by atoms with Crippen LogP contribution >= 0.6 is 0 Å². The molecule has 0 aromatic heterocycles. The van der Waals surface area contributed by atoms with E-state index < -0.39 is 0 Å². The summed E-state index contributed by atoms with van der Waals surface area (Å²) in [6.07, 6.45) is 4.41. The van der Waals surface area contributed by atoms with Crippen LogP contribution in [0.1, 0.15) is 30.9 Å². The minimum atomic E-state index is 0.289. The Kier molecular flexibility index (Phi) is 3.05. The molecule has 0 radical (unpaired) electrons. The topological polar surface area (TPSA) is 23.8 Å². The van der Waals surface area contributed by atoms with E-state index in [0.29, 0.717) is 5.41 Å². The molecule has 1 saturated heterocycles. The molecule has 0 unspecified atom stereocenters. The van der Waals surface area contributed by atoms with E-state index in [9.17, 15) is 0 Å². The Morgan fingerprint density at radius 3 is 2.44 bits per heavy atom. The Hall–Kier alpha value is -1.23. The van der Waals surface area contributed by atoms with Gasteiger partial charge in [0.1, 0.15) is 0 Å². The van der Waals surface area contributed by atoms with Crippen molar-refractivity contribution in [1.82, 2.24) is 0 Å². The van der Waals surface area contributed by atoms with Crippen molar-refractivity contribution in [2.45, 2.75) is 44.7 Å². The summed E-state index contributed by atoms with van der Waals surface area (Å²) >= 11 is 0. The summed E-state index contributed by atoms with van der Waals surface area (Å²) in [6, 6.07) is 8.67. The molecular weight excluding hydrogens is 193 g/mol. The second-order valence-electron chi connectivity index (χ2n) is 5.28. The average Bonchev–Trinajstić information content (AvgIpc) is 2.30. The van der Waals surface area contributed by atoms with E-state index in [0.717, 1.165) is 25.5 Å². The van der Waals surface area contributed by atoms with E-state index in [2.05, 4.69) is 44.1 Å². The molecule has 0 N–H and O–H groups in total. The maximum absolute atomic E-state index is 8.94. The molecule has 1 aromatic carbocycles. The molecular formula is C14H18BN. The van der Waals surface area contributed by atoms with Crippen LogP contribution in [0, 0.1) is 18.2 Å². The first-order valence-electron chi connectivity index (χ1n) is 6.11. The van der Waals surface area contributed by atoms with Crippen LogP contribution in [-0.2, 0) is 5.41 Å². The van der Waals surface area contributed by atoms with Crippen LogP contribution in [0.3, 0.4) is 0 Å². The average molecular weight is 211 g/mol. The van der Waals surface area contributed by atoms with Crippen molar-refractivity contribution in [1.29, 1.82) is 5.26 Å². The molecule has 0 bridgehead atoms. The standard InChI is InChI=1S/C14H18BN/c1-12-5-3-4-6-13(12)14(2)7-9-15(11-16)10-8-14/h3-6H,7-10H2,1-2H3. The second kappa shape index (κ2) is 4.33. The third-order valence-electron chi connectivity index (χ3n) is 4.07. The van der Waals surface area contributed by atoms with Gasteiger partial charge in [-0.1, -0.05) is 43.8 Å². The summed E-state index contributed by atoms with van der Waals surface area (Å²) in [6.45, 7) is 4.83. The van der Waals surface area contributed by atoms with E-state index in [1.165, 1.54) is 11.1 Å². The zero-order valence-electron chi connectivity index (χ0n) is 10.2. The third-order valence-corrected chi connectivity index (χ3v) is 4.07. The minimum Gasteiger partial charge on any atom is -0.213 e. The van der Waals surface area contributed by atoms with Crippen molar-refractivity contribution >= 4 is 6.71 Å². The van der Waals surface area contributed by atoms with Crippen LogP contribution in [-0.4, -0.2) is 6.71 Å². The molecule has 0 saturated carbocycles. The number of nitriles is 1. The molecule has 2 heteroatoms. The monoisotopic (exact) mass is 211 g/mol. The van der Waals surface area contributed by atoms with Crippen LogP contribution in [0.5, 0.6) is 0 Å². The number of hydrogen-bond acceptors (Lipinski definition) is 1. The van der Waals surface area contributed by atoms with Gasteiger partial charge in [0.2, 0.25) is 0 Å². The molecule has 1 aromatic rings. The normalized spacial score (nSPS) is 19.2. The fourth-order valence-corrected chi connectivity index (χ4v) is 2.90. The first-order chi connectivity index (χ1) is 7.65. The van der Waals surface area contributed by atoms with E-state index in [1.54, 1.807) is 0 Å². The van der Waals surface area contributed by atoms with Crippen LogP contribution in [0.4, 0.5) is 0 Å². The lowest BCUT2D eigenvalue weighted by molar-refractivity contribution is 0.419. The Bertz CT molecular complexity index is 411. The van der Waals surface area contributed by atoms with Gasteiger partial charge >= 0.3 is 0 Å². The predicted octanol–water partition coefficient (Wildman–Crippen LogP) is 3.60. The van der Waals surface area contributed by atoms with Crippen molar-refractivity contribution in [2.75, 3.05) is 0 Å². The molecule has 1 aliphatic heterocycles. The Morgan fingerprint density at radius 2 is 1.88 bits per heavy atom. The third kappa shape index (κ3) is 2.00. The largest absolute Gasteiger partial charge is 0.267 e. The smallest absolute Gasteiger partial charge is 0.213 e. The first-order valence-corrected chi connectivity index (χ1v) is 6.11. The van der Waals surface area contributed by atoms with Gasteiger partial charge in [0.15, 0.2) is 0 Å². The molecule has 16 heavy (non-hydrogen) atoms. The van der Waals surface area contributed by atoms with Crippen molar-refractivity contribution < 1.29 is 0 Å². The van der Waals surface area contributed by atoms with Gasteiger partial charge in [-0.15, -0.1) is 0 Å². The summed E-state index contributed by atoms with van der Waals surface area (Å²) in [4.78, 5) is 0. The maximum atomic E-state index is 8.94. The van der Waals surface area contributed by atoms with Crippen molar-refractivity contribution in [3.63, 3.8) is 0 Å². The van der Waals surface area contributed by atoms with Crippen molar-refractivity contribution in [2.24, 2.45) is 0 Å². The lowest BCUT2D eigenvalue weighted by Gasteiger charge is -2.36. The Balaban J connectivity index is 2.22. The number of nitrogens with zero attached hydrogens (tertiary/aromatic N) is 1. The summed E-state index contributed by atoms with van der Waals surface area (Å²) in [5.41, 5.74) is 3.16. The molecule has 2 rings (SSSR count). The fraction of sp³-hybridized carbons (Fsp3) is 0.500. The fourth-order valence-electron chi connectivity index (χ4n) is 2.90.